The number of rotatable bonds is 19. The fraction of sp³-hybridized carbons (Fsp3) is 0.404. The first kappa shape index (κ1) is 50.2. The van der Waals surface area contributed by atoms with Crippen molar-refractivity contribution in [2.45, 2.75) is 87.2 Å². The molecular weight excluding hydrogens is 982 g/mol. The molecule has 1 aromatic heterocycles. The Morgan fingerprint density at radius 2 is 1.54 bits per heavy atom. The average molecular weight is 1040 g/mol. The second-order valence-corrected chi connectivity index (χ2v) is 21.5. The molecule has 2 unspecified atom stereocenters. The zero-order valence-electron chi connectivity index (χ0n) is 38.6. The molecule has 10 rings (SSSR count). The largest absolute Gasteiger partial charge is 0.489 e. The minimum Gasteiger partial charge on any atom is -0.489 e. The first-order valence-corrected chi connectivity index (χ1v) is 26.0. The van der Waals surface area contributed by atoms with E-state index in [1.165, 1.54) is 47.0 Å². The van der Waals surface area contributed by atoms with Crippen LogP contribution in [0.15, 0.2) is 114 Å². The number of carbonyl (C=O) groups is 2. The molecule has 5 fully saturated rings. The van der Waals surface area contributed by atoms with Crippen LogP contribution in [0.5, 0.6) is 17.2 Å². The third-order valence-electron chi connectivity index (χ3n) is 14.1. The molecule has 71 heavy (non-hydrogen) atoms. The summed E-state index contributed by atoms with van der Waals surface area (Å²) in [5.41, 5.74) is 3.07. The van der Waals surface area contributed by atoms with E-state index in [0.29, 0.717) is 33.1 Å². The third-order valence-corrected chi connectivity index (χ3v) is 16.6. The van der Waals surface area contributed by atoms with E-state index in [1.807, 2.05) is 48.5 Å². The van der Waals surface area contributed by atoms with Crippen LogP contribution in [0, 0.1) is 17.8 Å². The smallest absolute Gasteiger partial charge is 0.408 e. The van der Waals surface area contributed by atoms with E-state index in [1.54, 1.807) is 18.2 Å². The number of benzene rings is 4. The summed E-state index contributed by atoms with van der Waals surface area (Å²) in [6, 6.07) is 26.0. The standard InChI is InChI=1S/C52H54Cl2F2N4O10S/c53-43-27-59(64)28-44(54)42(43)26-41(36-13-16-46(69-51(55)56)47(25-36)68-31-32-9-10-32)45-24-38(50(61)62)19-22-60(45)71(65,66)40-14-11-33(12-15-40)30-67-39-8-4-7-37(23-39)49(35-5-2-1-3-6-35)57-52(63)70-48-29-58-20-17-34(48)18-21-58/h1-8,11-16,23,25,27-28,32,34,38,41,45,48-49,51H,9-10,17-22,24,26,29-31H2,(H2-,57,61,62,63,64)/p+1/t38?,41-,45?,48-,49-/m0/s1. The highest BCUT2D eigenvalue weighted by molar-refractivity contribution is 7.89. The van der Waals surface area contributed by atoms with Crippen LogP contribution < -0.4 is 24.3 Å². The summed E-state index contributed by atoms with van der Waals surface area (Å²) in [6.07, 6.45) is 5.54. The predicted octanol–water partition coefficient (Wildman–Crippen LogP) is 9.28. The van der Waals surface area contributed by atoms with Gasteiger partial charge in [-0.1, -0.05) is 83.9 Å². The zero-order chi connectivity index (χ0) is 49.8. The molecule has 4 aliphatic heterocycles. The highest BCUT2D eigenvalue weighted by atomic mass is 35.5. The lowest BCUT2D eigenvalue weighted by Crippen LogP contribution is -2.52. The molecule has 5 aliphatic rings. The van der Waals surface area contributed by atoms with E-state index in [9.17, 15) is 37.1 Å². The molecule has 376 valence electrons. The zero-order valence-corrected chi connectivity index (χ0v) is 41.0. The van der Waals surface area contributed by atoms with Gasteiger partial charge >= 0.3 is 18.7 Å². The summed E-state index contributed by atoms with van der Waals surface area (Å²) in [6.45, 7) is -0.172. The van der Waals surface area contributed by atoms with Gasteiger partial charge in [-0.05, 0) is 129 Å². The van der Waals surface area contributed by atoms with Crippen molar-refractivity contribution in [3.05, 3.63) is 147 Å². The lowest BCUT2D eigenvalue weighted by Gasteiger charge is -2.43. The Kier molecular flexibility index (Phi) is 15.5. The van der Waals surface area contributed by atoms with Gasteiger partial charge in [0.1, 0.15) is 28.5 Å². The number of alkyl carbamates (subject to hydrolysis) is 1. The van der Waals surface area contributed by atoms with Crippen LogP contribution in [0.3, 0.4) is 0 Å². The van der Waals surface area contributed by atoms with Crippen molar-refractivity contribution in [1.29, 1.82) is 0 Å². The Morgan fingerprint density at radius 3 is 2.20 bits per heavy atom. The SMILES string of the molecule is O=C(N[C@@H](c1ccccc1)c1cccc(OCc2ccc(S(=O)(=O)N3CCC(C(=O)O)CC3[C@@H](Cc3c(Cl)c[n+](O)cc3Cl)c3ccc(OC(F)F)c(OCC4CC4)c3)cc2)c1)O[C@H]1CN2CCC1CC2. The fourth-order valence-electron chi connectivity index (χ4n) is 10.0. The average Bonchev–Trinajstić information content (AvgIpc) is 4.20. The van der Waals surface area contributed by atoms with E-state index in [0.717, 1.165) is 56.4 Å². The van der Waals surface area contributed by atoms with E-state index in [4.69, 9.17) is 42.1 Å². The third kappa shape index (κ3) is 12.1. The number of carboxylic acid groups (broad SMARTS) is 1. The molecule has 1 aliphatic carbocycles. The van der Waals surface area contributed by atoms with Crippen LogP contribution in [-0.2, 0) is 32.6 Å². The van der Waals surface area contributed by atoms with Crippen LogP contribution in [0.4, 0.5) is 13.6 Å². The maximum absolute atomic E-state index is 14.9. The number of alkyl halides is 2. The van der Waals surface area contributed by atoms with Crippen LogP contribution in [-0.4, -0.2) is 91.5 Å². The molecular formula is C52H55Cl2F2N4O10S+. The van der Waals surface area contributed by atoms with Crippen molar-refractivity contribution in [1.82, 2.24) is 14.5 Å². The van der Waals surface area contributed by atoms with Crippen molar-refractivity contribution >= 4 is 45.3 Å². The first-order chi connectivity index (χ1) is 34.2. The van der Waals surface area contributed by atoms with E-state index < -0.39 is 52.6 Å². The number of piperidine rings is 4. The fourth-order valence-corrected chi connectivity index (χ4v) is 12.3. The molecule has 5 aromatic rings. The summed E-state index contributed by atoms with van der Waals surface area (Å²) in [5, 5.41) is 23.7. The van der Waals surface area contributed by atoms with Gasteiger partial charge in [0.15, 0.2) is 11.5 Å². The lowest BCUT2D eigenvalue weighted by molar-refractivity contribution is -0.904. The number of hydrogen-bond acceptors (Lipinski definition) is 10. The Labute approximate surface area is 421 Å². The number of nitrogens with zero attached hydrogens (tertiary/aromatic N) is 3. The molecule has 2 bridgehead atoms. The number of aliphatic carboxylic acids is 1. The van der Waals surface area contributed by atoms with Crippen molar-refractivity contribution in [2.24, 2.45) is 17.8 Å². The maximum Gasteiger partial charge on any atom is 0.408 e. The number of fused-ring (bicyclic) bond motifs is 3. The Morgan fingerprint density at radius 1 is 0.817 bits per heavy atom. The molecule has 19 heteroatoms. The summed E-state index contributed by atoms with van der Waals surface area (Å²) < 4.78 is 82.0. The summed E-state index contributed by atoms with van der Waals surface area (Å²) >= 11 is 13.3. The highest BCUT2D eigenvalue weighted by Crippen LogP contribution is 2.43. The van der Waals surface area contributed by atoms with Crippen molar-refractivity contribution in [2.75, 3.05) is 32.8 Å². The van der Waals surface area contributed by atoms with Crippen molar-refractivity contribution in [3.8, 4) is 17.2 Å². The van der Waals surface area contributed by atoms with Gasteiger partial charge in [0.25, 0.3) is 0 Å². The Bertz CT molecular complexity index is 2780. The van der Waals surface area contributed by atoms with Crippen molar-refractivity contribution in [3.63, 3.8) is 0 Å². The molecule has 4 aromatic carbocycles. The van der Waals surface area contributed by atoms with E-state index in [2.05, 4.69) is 10.2 Å². The minimum atomic E-state index is -4.34. The topological polar surface area (TPSA) is 168 Å². The van der Waals surface area contributed by atoms with Gasteiger partial charge < -0.3 is 29.4 Å². The number of carboxylic acids is 1. The molecule has 5 atom stereocenters. The molecule has 1 saturated carbocycles. The lowest BCUT2D eigenvalue weighted by atomic mass is 9.79. The van der Waals surface area contributed by atoms with Crippen LogP contribution in [0.2, 0.25) is 10.0 Å². The van der Waals surface area contributed by atoms with Gasteiger partial charge in [-0.3, -0.25) is 14.9 Å². The number of sulfonamides is 1. The summed E-state index contributed by atoms with van der Waals surface area (Å²) in [7, 11) is -4.34. The van der Waals surface area contributed by atoms with Crippen molar-refractivity contribution < 1.29 is 60.8 Å². The van der Waals surface area contributed by atoms with Crippen LogP contribution in [0.25, 0.3) is 0 Å². The van der Waals surface area contributed by atoms with Crippen LogP contribution >= 0.6 is 23.2 Å². The number of aromatic nitrogens is 1. The first-order valence-electron chi connectivity index (χ1n) is 23.8. The number of hydrogen-bond donors (Lipinski definition) is 3. The quantitative estimate of drug-likeness (QED) is 0.0533. The molecule has 0 radical (unpaired) electrons. The number of ether oxygens (including phenoxy) is 4. The molecule has 1 amide bonds. The van der Waals surface area contributed by atoms with Gasteiger partial charge in [0.05, 0.1) is 23.5 Å². The van der Waals surface area contributed by atoms with Crippen LogP contribution in [0.1, 0.15) is 78.3 Å². The number of carbonyl (C=O) groups excluding carboxylic acids is 1. The van der Waals surface area contributed by atoms with Gasteiger partial charge in [-0.15, -0.1) is 0 Å². The van der Waals surface area contributed by atoms with Gasteiger partial charge in [0, 0.05) is 35.3 Å². The monoisotopic (exact) mass is 1040 g/mol. The van der Waals surface area contributed by atoms with Gasteiger partial charge in [-0.25, -0.2) is 13.2 Å². The molecule has 14 nitrogen and oxygen atoms in total. The number of pyridine rings is 1. The Balaban J connectivity index is 0.957. The normalized spacial score (nSPS) is 22.1. The second kappa shape index (κ2) is 22.0. The second-order valence-electron chi connectivity index (χ2n) is 18.8. The Hall–Kier alpha value is -5.72. The molecule has 0 spiro atoms. The molecule has 5 heterocycles. The van der Waals surface area contributed by atoms with Gasteiger partial charge in [-0.2, -0.15) is 13.1 Å². The van der Waals surface area contributed by atoms with E-state index >= 15 is 0 Å². The molecule has 4 saturated heterocycles. The summed E-state index contributed by atoms with van der Waals surface area (Å²) in [4.78, 5) is 28.3. The maximum atomic E-state index is 14.9. The predicted molar refractivity (Wildman–Crippen MR) is 258 cm³/mol. The number of halogens is 4. The van der Waals surface area contributed by atoms with Gasteiger partial charge in [0.2, 0.25) is 22.4 Å². The summed E-state index contributed by atoms with van der Waals surface area (Å²) in [5.74, 6) is -1.95. The number of amides is 1. The highest BCUT2D eigenvalue weighted by Gasteiger charge is 2.44. The molecule has 3 N–H and O–H groups in total. The van der Waals surface area contributed by atoms with E-state index in [-0.39, 0.29) is 77.5 Å². The number of nitrogens with one attached hydrogen (secondary N) is 1. The minimum absolute atomic E-state index is 0.0231.